The first-order chi connectivity index (χ1) is 13.7. The van der Waals surface area contributed by atoms with Crippen LogP contribution in [-0.2, 0) is 17.6 Å². The molecule has 2 N–H and O–H groups in total. The maximum absolute atomic E-state index is 12.7. The number of ether oxygens (including phenoxy) is 1. The second-order valence-electron chi connectivity index (χ2n) is 8.68. The van der Waals surface area contributed by atoms with Crippen LogP contribution in [-0.4, -0.2) is 17.7 Å². The molecule has 1 aromatic heterocycles. The first kappa shape index (κ1) is 21.8. The fraction of sp³-hybridized carbons (Fsp3) is 0.478. The van der Waals surface area contributed by atoms with Crippen LogP contribution in [0.2, 0.25) is 0 Å². The van der Waals surface area contributed by atoms with Gasteiger partial charge in [0.05, 0.1) is 12.2 Å². The molecule has 4 nitrogen and oxygen atoms in total. The molecule has 0 unspecified atom stereocenters. The van der Waals surface area contributed by atoms with Gasteiger partial charge in [0.15, 0.2) is 5.11 Å². The fourth-order valence-electron chi connectivity index (χ4n) is 3.73. The zero-order chi connectivity index (χ0) is 21.2. The lowest BCUT2D eigenvalue weighted by atomic mass is 9.72. The summed E-state index contributed by atoms with van der Waals surface area (Å²) in [6.45, 7) is 11.1. The van der Waals surface area contributed by atoms with Crippen molar-refractivity contribution in [1.82, 2.24) is 0 Å². The number of fused-ring (bicyclic) bond motifs is 1. The number of rotatable bonds is 4. The highest BCUT2D eigenvalue weighted by molar-refractivity contribution is 7.80. The molecule has 1 heterocycles. The summed E-state index contributed by atoms with van der Waals surface area (Å²) in [5, 5.41) is 7.73. The molecule has 29 heavy (non-hydrogen) atoms. The van der Waals surface area contributed by atoms with E-state index in [1.54, 1.807) is 11.3 Å². The minimum atomic E-state index is -0.264. The van der Waals surface area contributed by atoms with Crippen LogP contribution >= 0.6 is 23.6 Å². The van der Waals surface area contributed by atoms with Gasteiger partial charge in [0.2, 0.25) is 0 Å². The van der Waals surface area contributed by atoms with Crippen molar-refractivity contribution in [2.75, 3.05) is 17.2 Å². The Bertz CT molecular complexity index is 895. The zero-order valence-electron chi connectivity index (χ0n) is 17.8. The SMILES string of the molecule is CCOC(=O)c1c(NC(=S)Nc2ccc(C)cc2)sc2c1CC[C@@H](C(C)(C)C)C2. The van der Waals surface area contributed by atoms with Gasteiger partial charge in [0.1, 0.15) is 5.00 Å². The lowest BCUT2D eigenvalue weighted by molar-refractivity contribution is 0.0526. The first-order valence-electron chi connectivity index (χ1n) is 10.2. The highest BCUT2D eigenvalue weighted by Gasteiger charge is 2.34. The Morgan fingerprint density at radius 3 is 2.55 bits per heavy atom. The third-order valence-corrected chi connectivity index (χ3v) is 6.88. The van der Waals surface area contributed by atoms with Crippen LogP contribution in [0.3, 0.4) is 0 Å². The summed E-state index contributed by atoms with van der Waals surface area (Å²) in [6, 6.07) is 8.04. The lowest BCUT2D eigenvalue weighted by Crippen LogP contribution is -2.26. The lowest BCUT2D eigenvalue weighted by Gasteiger charge is -2.33. The molecule has 0 spiro atoms. The van der Waals surface area contributed by atoms with Gasteiger partial charge in [-0.05, 0) is 74.4 Å². The number of anilines is 2. The Hall–Kier alpha value is -1.92. The molecular weight excluding hydrogens is 400 g/mol. The molecule has 3 rings (SSSR count). The van der Waals surface area contributed by atoms with E-state index in [1.165, 1.54) is 10.4 Å². The number of thiophene rings is 1. The molecule has 1 atom stereocenters. The quantitative estimate of drug-likeness (QED) is 0.447. The van der Waals surface area contributed by atoms with Crippen LogP contribution in [0.25, 0.3) is 0 Å². The Morgan fingerprint density at radius 2 is 1.93 bits per heavy atom. The van der Waals surface area contributed by atoms with Crippen molar-refractivity contribution < 1.29 is 9.53 Å². The number of carbonyl (C=O) groups is 1. The Morgan fingerprint density at radius 1 is 1.24 bits per heavy atom. The molecule has 0 fully saturated rings. The monoisotopic (exact) mass is 430 g/mol. The molecule has 2 aromatic rings. The Labute approximate surface area is 183 Å². The summed E-state index contributed by atoms with van der Waals surface area (Å²) in [5.74, 6) is 0.342. The molecule has 1 aromatic carbocycles. The van der Waals surface area contributed by atoms with Gasteiger partial charge in [-0.15, -0.1) is 11.3 Å². The maximum atomic E-state index is 12.7. The number of benzene rings is 1. The molecular formula is C23H30N2O2S2. The molecule has 1 aliphatic carbocycles. The van der Waals surface area contributed by atoms with Gasteiger partial charge in [0.25, 0.3) is 0 Å². The topological polar surface area (TPSA) is 50.4 Å². The van der Waals surface area contributed by atoms with E-state index < -0.39 is 0 Å². The van der Waals surface area contributed by atoms with Crippen molar-refractivity contribution in [2.24, 2.45) is 11.3 Å². The predicted octanol–water partition coefficient (Wildman–Crippen LogP) is 6.19. The van der Waals surface area contributed by atoms with Gasteiger partial charge < -0.3 is 15.4 Å². The van der Waals surface area contributed by atoms with Crippen LogP contribution in [0, 0.1) is 18.3 Å². The number of thiocarbonyl (C=S) groups is 1. The van der Waals surface area contributed by atoms with Crippen LogP contribution in [0.1, 0.15) is 60.5 Å². The Kier molecular flexibility index (Phi) is 6.64. The maximum Gasteiger partial charge on any atom is 0.341 e. The van der Waals surface area contributed by atoms with E-state index in [9.17, 15) is 4.79 Å². The molecule has 0 aliphatic heterocycles. The van der Waals surface area contributed by atoms with E-state index in [4.69, 9.17) is 17.0 Å². The fourth-order valence-corrected chi connectivity index (χ4v) is 5.34. The third kappa shape index (κ3) is 5.17. The van der Waals surface area contributed by atoms with Gasteiger partial charge in [-0.25, -0.2) is 4.79 Å². The summed E-state index contributed by atoms with van der Waals surface area (Å²) in [7, 11) is 0. The van der Waals surface area contributed by atoms with Gasteiger partial charge in [-0.2, -0.15) is 0 Å². The zero-order valence-corrected chi connectivity index (χ0v) is 19.5. The molecule has 0 bridgehead atoms. The van der Waals surface area contributed by atoms with Crippen LogP contribution in [0.5, 0.6) is 0 Å². The normalized spacial score (nSPS) is 16.1. The summed E-state index contributed by atoms with van der Waals surface area (Å²) < 4.78 is 5.36. The molecule has 0 saturated carbocycles. The minimum Gasteiger partial charge on any atom is -0.462 e. The van der Waals surface area contributed by atoms with E-state index in [-0.39, 0.29) is 11.4 Å². The summed E-state index contributed by atoms with van der Waals surface area (Å²) >= 11 is 7.15. The summed E-state index contributed by atoms with van der Waals surface area (Å²) in [4.78, 5) is 14.0. The van der Waals surface area contributed by atoms with E-state index in [0.29, 0.717) is 23.2 Å². The van der Waals surface area contributed by atoms with E-state index in [2.05, 4.69) is 31.4 Å². The summed E-state index contributed by atoms with van der Waals surface area (Å²) in [6.07, 6.45) is 2.99. The number of aryl methyl sites for hydroxylation is 1. The molecule has 0 radical (unpaired) electrons. The smallest absolute Gasteiger partial charge is 0.341 e. The number of hydrogen-bond acceptors (Lipinski definition) is 4. The van der Waals surface area contributed by atoms with Crippen molar-refractivity contribution >= 4 is 45.3 Å². The van der Waals surface area contributed by atoms with Gasteiger partial charge in [0, 0.05) is 10.6 Å². The van der Waals surface area contributed by atoms with Crippen molar-refractivity contribution in [3.8, 4) is 0 Å². The molecule has 0 saturated heterocycles. The van der Waals surface area contributed by atoms with Crippen molar-refractivity contribution in [3.05, 3.63) is 45.8 Å². The second-order valence-corrected chi connectivity index (χ2v) is 10.2. The highest BCUT2D eigenvalue weighted by atomic mass is 32.1. The van der Waals surface area contributed by atoms with Crippen LogP contribution in [0.15, 0.2) is 24.3 Å². The molecule has 0 amide bonds. The number of nitrogens with one attached hydrogen (secondary N) is 2. The van der Waals surface area contributed by atoms with Crippen molar-refractivity contribution in [3.63, 3.8) is 0 Å². The standard InChI is InChI=1S/C23H30N2O2S2/c1-6-27-21(26)19-17-12-9-15(23(3,4)5)13-18(17)29-20(19)25-22(28)24-16-10-7-14(2)8-11-16/h7-8,10-11,15H,6,9,12-13H2,1-5H3,(H2,24,25,28)/t15-/m1/s1. The van der Waals surface area contributed by atoms with Gasteiger partial charge in [-0.3, -0.25) is 0 Å². The van der Waals surface area contributed by atoms with E-state index in [0.717, 1.165) is 35.5 Å². The van der Waals surface area contributed by atoms with Crippen molar-refractivity contribution in [2.45, 2.75) is 53.9 Å². The molecule has 6 heteroatoms. The first-order valence-corrected chi connectivity index (χ1v) is 11.4. The number of carbonyl (C=O) groups excluding carboxylic acids is 1. The third-order valence-electron chi connectivity index (χ3n) is 5.51. The predicted molar refractivity (Wildman–Crippen MR) is 126 cm³/mol. The average molecular weight is 431 g/mol. The van der Waals surface area contributed by atoms with Gasteiger partial charge >= 0.3 is 5.97 Å². The number of esters is 1. The minimum absolute atomic E-state index is 0.252. The van der Waals surface area contributed by atoms with E-state index in [1.807, 2.05) is 38.1 Å². The van der Waals surface area contributed by atoms with Crippen molar-refractivity contribution in [1.29, 1.82) is 0 Å². The van der Waals surface area contributed by atoms with Crippen LogP contribution in [0.4, 0.5) is 10.7 Å². The molecule has 1 aliphatic rings. The number of hydrogen-bond donors (Lipinski definition) is 2. The van der Waals surface area contributed by atoms with Crippen LogP contribution < -0.4 is 10.6 Å². The largest absolute Gasteiger partial charge is 0.462 e. The Balaban J connectivity index is 1.85. The molecule has 156 valence electrons. The van der Waals surface area contributed by atoms with E-state index >= 15 is 0 Å². The average Bonchev–Trinajstić information content (AvgIpc) is 3.00. The highest BCUT2D eigenvalue weighted by Crippen LogP contribution is 2.44. The summed E-state index contributed by atoms with van der Waals surface area (Å²) in [5.41, 5.74) is 4.15. The second kappa shape index (κ2) is 8.84. The van der Waals surface area contributed by atoms with Gasteiger partial charge in [-0.1, -0.05) is 38.5 Å².